The molecular formula is C26H31ClFN7O. The first-order valence-electron chi connectivity index (χ1n) is 12.1. The zero-order chi connectivity index (χ0) is 25.5. The molecule has 1 aliphatic heterocycles. The first-order chi connectivity index (χ1) is 17.4. The second kappa shape index (κ2) is 12.2. The van der Waals surface area contributed by atoms with Crippen LogP contribution in [0.4, 0.5) is 21.6 Å². The molecule has 3 aromatic rings. The molecule has 1 fully saturated rings. The molecule has 0 spiro atoms. The zero-order valence-electron chi connectivity index (χ0n) is 20.6. The Labute approximate surface area is 215 Å². The fourth-order valence-electron chi connectivity index (χ4n) is 4.13. The van der Waals surface area contributed by atoms with Gasteiger partial charge in [-0.2, -0.15) is 10.2 Å². The standard InChI is InChI=1S/C26H31ClFN7O/c1-18-23(17-24(33-32-18)21-15-19(27)6-7-22(21)28)30-20-8-9-29-25(16-20)31-26(36)5-3-11-35-12-4-10-34(2)13-14-35/h6-9,15-17H,3-5,10-14H2,1-2H3,(H2,29,30,31,33,36). The number of nitrogens with zero attached hydrogens (tertiary/aromatic N) is 5. The molecule has 0 unspecified atom stereocenters. The number of aryl methyl sites for hydroxylation is 1. The maximum absolute atomic E-state index is 14.3. The number of rotatable bonds is 8. The summed E-state index contributed by atoms with van der Waals surface area (Å²) in [6.07, 6.45) is 4.02. The molecule has 36 heavy (non-hydrogen) atoms. The molecule has 1 amide bonds. The Morgan fingerprint density at radius 3 is 2.83 bits per heavy atom. The lowest BCUT2D eigenvalue weighted by Gasteiger charge is -2.19. The molecule has 190 valence electrons. The summed E-state index contributed by atoms with van der Waals surface area (Å²) < 4.78 is 14.3. The van der Waals surface area contributed by atoms with Gasteiger partial charge in [-0.05, 0) is 76.8 Å². The van der Waals surface area contributed by atoms with Gasteiger partial charge in [-0.15, -0.1) is 0 Å². The van der Waals surface area contributed by atoms with Gasteiger partial charge in [0, 0.05) is 48.0 Å². The number of pyridine rings is 1. The number of halogens is 2. The number of hydrogen-bond acceptors (Lipinski definition) is 7. The third kappa shape index (κ3) is 7.19. The number of hydrogen-bond donors (Lipinski definition) is 2. The second-order valence-electron chi connectivity index (χ2n) is 9.06. The number of carbonyl (C=O) groups is 1. The average molecular weight is 512 g/mol. The first-order valence-corrected chi connectivity index (χ1v) is 12.5. The minimum atomic E-state index is -0.430. The fourth-order valence-corrected chi connectivity index (χ4v) is 4.30. The lowest BCUT2D eigenvalue weighted by Crippen LogP contribution is -2.30. The molecule has 1 saturated heterocycles. The minimum Gasteiger partial charge on any atom is -0.354 e. The van der Waals surface area contributed by atoms with Crippen molar-refractivity contribution in [3.05, 3.63) is 59.1 Å². The van der Waals surface area contributed by atoms with E-state index in [4.69, 9.17) is 11.6 Å². The summed E-state index contributed by atoms with van der Waals surface area (Å²) >= 11 is 6.03. The fraction of sp³-hybridized carbons (Fsp3) is 0.385. The SMILES string of the molecule is Cc1nnc(-c2cc(Cl)ccc2F)cc1Nc1ccnc(NC(=O)CCCN2CCCN(C)CC2)c1. The van der Waals surface area contributed by atoms with Crippen molar-refractivity contribution in [3.8, 4) is 11.3 Å². The molecule has 0 aliphatic carbocycles. The Morgan fingerprint density at radius 2 is 1.97 bits per heavy atom. The van der Waals surface area contributed by atoms with E-state index in [-0.39, 0.29) is 11.5 Å². The topological polar surface area (TPSA) is 86.3 Å². The molecule has 0 saturated carbocycles. The van der Waals surface area contributed by atoms with Crippen LogP contribution in [0.15, 0.2) is 42.6 Å². The molecule has 2 N–H and O–H groups in total. The van der Waals surface area contributed by atoms with Crippen molar-refractivity contribution in [1.29, 1.82) is 0 Å². The molecule has 1 aliphatic rings. The van der Waals surface area contributed by atoms with Crippen LogP contribution in [-0.2, 0) is 4.79 Å². The van der Waals surface area contributed by atoms with Crippen molar-refractivity contribution < 1.29 is 9.18 Å². The number of carbonyl (C=O) groups excluding carboxylic acids is 1. The molecule has 3 heterocycles. The Bertz CT molecular complexity index is 1210. The maximum atomic E-state index is 14.3. The molecule has 0 radical (unpaired) electrons. The third-order valence-corrected chi connectivity index (χ3v) is 6.41. The van der Waals surface area contributed by atoms with E-state index in [1.165, 1.54) is 18.2 Å². The molecular weight excluding hydrogens is 481 g/mol. The van der Waals surface area contributed by atoms with E-state index in [9.17, 15) is 9.18 Å². The van der Waals surface area contributed by atoms with Crippen LogP contribution in [-0.4, -0.2) is 70.7 Å². The highest BCUT2D eigenvalue weighted by Crippen LogP contribution is 2.28. The number of likely N-dealkylation sites (N-methyl/N-ethyl adjacent to an activating group) is 1. The van der Waals surface area contributed by atoms with Gasteiger partial charge >= 0.3 is 0 Å². The van der Waals surface area contributed by atoms with Gasteiger partial charge in [0.15, 0.2) is 0 Å². The normalized spacial score (nSPS) is 14.9. The Balaban J connectivity index is 1.35. The van der Waals surface area contributed by atoms with E-state index < -0.39 is 5.82 Å². The van der Waals surface area contributed by atoms with E-state index in [2.05, 4.69) is 42.7 Å². The van der Waals surface area contributed by atoms with Crippen LogP contribution in [0.1, 0.15) is 25.0 Å². The molecule has 0 atom stereocenters. The number of anilines is 3. The first kappa shape index (κ1) is 25.9. The predicted octanol–water partition coefficient (Wildman–Crippen LogP) is 4.74. The van der Waals surface area contributed by atoms with Gasteiger partial charge in [-0.3, -0.25) is 4.79 Å². The van der Waals surface area contributed by atoms with Crippen molar-refractivity contribution in [2.45, 2.75) is 26.2 Å². The van der Waals surface area contributed by atoms with Crippen LogP contribution in [0.3, 0.4) is 0 Å². The molecule has 2 aromatic heterocycles. The van der Waals surface area contributed by atoms with Crippen molar-refractivity contribution >= 4 is 34.7 Å². The minimum absolute atomic E-state index is 0.0629. The summed E-state index contributed by atoms with van der Waals surface area (Å²) in [4.78, 5) is 21.5. The van der Waals surface area contributed by atoms with Gasteiger partial charge in [0.25, 0.3) is 0 Å². The quantitative estimate of drug-likeness (QED) is 0.451. The largest absolute Gasteiger partial charge is 0.354 e. The van der Waals surface area contributed by atoms with Gasteiger partial charge in [0.1, 0.15) is 11.6 Å². The van der Waals surface area contributed by atoms with E-state index in [0.717, 1.165) is 45.6 Å². The molecule has 10 heteroatoms. The van der Waals surface area contributed by atoms with Gasteiger partial charge in [0.2, 0.25) is 5.91 Å². The lowest BCUT2D eigenvalue weighted by molar-refractivity contribution is -0.116. The van der Waals surface area contributed by atoms with Crippen molar-refractivity contribution in [2.75, 3.05) is 50.4 Å². The highest BCUT2D eigenvalue weighted by Gasteiger charge is 2.14. The summed E-state index contributed by atoms with van der Waals surface area (Å²) in [5, 5.41) is 14.8. The van der Waals surface area contributed by atoms with Crippen LogP contribution >= 0.6 is 11.6 Å². The summed E-state index contributed by atoms with van der Waals surface area (Å²) in [5.41, 5.74) is 2.64. The van der Waals surface area contributed by atoms with Crippen molar-refractivity contribution in [2.24, 2.45) is 0 Å². The van der Waals surface area contributed by atoms with Crippen LogP contribution < -0.4 is 10.6 Å². The Morgan fingerprint density at radius 1 is 1.11 bits per heavy atom. The average Bonchev–Trinajstić information content (AvgIpc) is 3.06. The highest BCUT2D eigenvalue weighted by molar-refractivity contribution is 6.30. The molecule has 1 aromatic carbocycles. The molecule has 8 nitrogen and oxygen atoms in total. The number of amides is 1. The van der Waals surface area contributed by atoms with Crippen molar-refractivity contribution in [3.63, 3.8) is 0 Å². The van der Waals surface area contributed by atoms with Gasteiger partial charge in [-0.1, -0.05) is 11.6 Å². The number of benzene rings is 1. The Kier molecular flexibility index (Phi) is 8.79. The number of nitrogens with one attached hydrogen (secondary N) is 2. The van der Waals surface area contributed by atoms with E-state index in [0.29, 0.717) is 40.0 Å². The van der Waals surface area contributed by atoms with E-state index >= 15 is 0 Å². The van der Waals surface area contributed by atoms with E-state index in [1.807, 2.05) is 0 Å². The van der Waals surface area contributed by atoms with Crippen LogP contribution in [0.5, 0.6) is 0 Å². The van der Waals surface area contributed by atoms with Crippen LogP contribution in [0, 0.1) is 12.7 Å². The van der Waals surface area contributed by atoms with E-state index in [1.54, 1.807) is 31.3 Å². The van der Waals surface area contributed by atoms with Crippen LogP contribution in [0.2, 0.25) is 5.02 Å². The maximum Gasteiger partial charge on any atom is 0.225 e. The third-order valence-electron chi connectivity index (χ3n) is 6.18. The van der Waals surface area contributed by atoms with Crippen LogP contribution in [0.25, 0.3) is 11.3 Å². The second-order valence-corrected chi connectivity index (χ2v) is 9.49. The lowest BCUT2D eigenvalue weighted by atomic mass is 10.1. The molecule has 0 bridgehead atoms. The molecule has 4 rings (SSSR count). The summed E-state index contributed by atoms with van der Waals surface area (Å²) in [7, 11) is 2.15. The Hall–Kier alpha value is -3.14. The van der Waals surface area contributed by atoms with Gasteiger partial charge in [-0.25, -0.2) is 9.37 Å². The smallest absolute Gasteiger partial charge is 0.225 e. The van der Waals surface area contributed by atoms with Gasteiger partial charge < -0.3 is 20.4 Å². The summed E-state index contributed by atoms with van der Waals surface area (Å²) in [6.45, 7) is 7.04. The predicted molar refractivity (Wildman–Crippen MR) is 141 cm³/mol. The summed E-state index contributed by atoms with van der Waals surface area (Å²) in [5.74, 6) is -0.0326. The zero-order valence-corrected chi connectivity index (χ0v) is 21.4. The van der Waals surface area contributed by atoms with Gasteiger partial charge in [0.05, 0.1) is 17.1 Å². The number of aromatic nitrogens is 3. The highest BCUT2D eigenvalue weighted by atomic mass is 35.5. The summed E-state index contributed by atoms with van der Waals surface area (Å²) in [6, 6.07) is 9.56. The van der Waals surface area contributed by atoms with Crippen molar-refractivity contribution in [1.82, 2.24) is 25.0 Å². The monoisotopic (exact) mass is 511 g/mol.